The summed E-state index contributed by atoms with van der Waals surface area (Å²) in [6, 6.07) is 0. The summed E-state index contributed by atoms with van der Waals surface area (Å²) in [6.45, 7) is 3.16. The maximum atomic E-state index is 11.5. The van der Waals surface area contributed by atoms with Crippen molar-refractivity contribution in [3.8, 4) is 0 Å². The van der Waals surface area contributed by atoms with Crippen molar-refractivity contribution in [1.82, 2.24) is 10.6 Å². The second kappa shape index (κ2) is 5.97. The third-order valence-corrected chi connectivity index (χ3v) is 2.83. The van der Waals surface area contributed by atoms with E-state index in [9.17, 15) is 14.7 Å². The molecule has 6 nitrogen and oxygen atoms in total. The number of aliphatic carboxylic acids is 1. The number of carboxylic acids is 1. The van der Waals surface area contributed by atoms with Crippen molar-refractivity contribution in [1.29, 1.82) is 0 Å². The third kappa shape index (κ3) is 5.65. The molecule has 1 aliphatic rings. The molecule has 0 aromatic heterocycles. The molecule has 0 saturated carbocycles. The highest BCUT2D eigenvalue weighted by Gasteiger charge is 2.25. The van der Waals surface area contributed by atoms with Gasteiger partial charge in [0, 0.05) is 13.0 Å². The lowest BCUT2D eigenvalue weighted by molar-refractivity contribution is -0.142. The fourth-order valence-electron chi connectivity index (χ4n) is 1.90. The van der Waals surface area contributed by atoms with Crippen LogP contribution in [0, 0.1) is 5.92 Å². The van der Waals surface area contributed by atoms with Gasteiger partial charge in [0.15, 0.2) is 0 Å². The first-order valence-electron chi connectivity index (χ1n) is 5.81. The highest BCUT2D eigenvalue weighted by molar-refractivity contribution is 5.76. The van der Waals surface area contributed by atoms with E-state index in [4.69, 9.17) is 5.11 Å². The Hall–Kier alpha value is -1.14. The number of hydrogen-bond donors (Lipinski definition) is 4. The molecule has 1 aliphatic heterocycles. The molecule has 4 N–H and O–H groups in total. The number of aliphatic hydroxyl groups is 1. The van der Waals surface area contributed by atoms with E-state index in [0.717, 1.165) is 19.5 Å². The van der Waals surface area contributed by atoms with Crippen molar-refractivity contribution in [2.24, 2.45) is 5.92 Å². The molecule has 0 aromatic rings. The Morgan fingerprint density at radius 3 is 2.76 bits per heavy atom. The van der Waals surface area contributed by atoms with Gasteiger partial charge < -0.3 is 20.8 Å². The molecule has 0 aliphatic carbocycles. The van der Waals surface area contributed by atoms with Gasteiger partial charge >= 0.3 is 5.97 Å². The summed E-state index contributed by atoms with van der Waals surface area (Å²) in [7, 11) is 0. The van der Waals surface area contributed by atoms with Crippen LogP contribution in [0.1, 0.15) is 26.2 Å². The summed E-state index contributed by atoms with van der Waals surface area (Å²) in [4.78, 5) is 22.0. The molecule has 0 spiro atoms. The average Bonchev–Trinajstić information content (AvgIpc) is 2.65. The van der Waals surface area contributed by atoms with Gasteiger partial charge in [0.2, 0.25) is 5.91 Å². The zero-order valence-electron chi connectivity index (χ0n) is 10.0. The molecule has 0 radical (unpaired) electrons. The van der Waals surface area contributed by atoms with Crippen molar-refractivity contribution in [2.45, 2.75) is 31.8 Å². The number of nitrogens with one attached hydrogen (secondary N) is 2. The molecule has 1 amide bonds. The molecule has 1 saturated heterocycles. The number of carbonyl (C=O) groups is 2. The standard InChI is InChI=1S/C11H20N2O4/c1-11(17,5-10(15)16)7-13-9(14)4-8-2-3-12-6-8/h8,12,17H,2-7H2,1H3,(H,13,14)(H,15,16). The number of amides is 1. The number of carboxylic acid groups (broad SMARTS) is 1. The number of hydrogen-bond acceptors (Lipinski definition) is 4. The first-order chi connectivity index (χ1) is 7.89. The van der Waals surface area contributed by atoms with Crippen molar-refractivity contribution in [3.05, 3.63) is 0 Å². The zero-order chi connectivity index (χ0) is 12.9. The van der Waals surface area contributed by atoms with E-state index in [-0.39, 0.29) is 18.9 Å². The summed E-state index contributed by atoms with van der Waals surface area (Å²) < 4.78 is 0. The Morgan fingerprint density at radius 2 is 2.24 bits per heavy atom. The van der Waals surface area contributed by atoms with E-state index in [1.54, 1.807) is 0 Å². The maximum absolute atomic E-state index is 11.5. The predicted molar refractivity (Wildman–Crippen MR) is 61.5 cm³/mol. The number of carbonyl (C=O) groups excluding carboxylic acids is 1. The van der Waals surface area contributed by atoms with Crippen LogP contribution in [0.4, 0.5) is 0 Å². The van der Waals surface area contributed by atoms with Crippen LogP contribution in [-0.4, -0.2) is 47.3 Å². The normalized spacial score (nSPS) is 23.1. The largest absolute Gasteiger partial charge is 0.481 e. The van der Waals surface area contributed by atoms with Crippen LogP contribution in [0.5, 0.6) is 0 Å². The molecular weight excluding hydrogens is 224 g/mol. The fourth-order valence-corrected chi connectivity index (χ4v) is 1.90. The molecular formula is C11H20N2O4. The lowest BCUT2D eigenvalue weighted by Gasteiger charge is -2.21. The van der Waals surface area contributed by atoms with Gasteiger partial charge in [0.05, 0.1) is 12.0 Å². The lowest BCUT2D eigenvalue weighted by Crippen LogP contribution is -2.42. The average molecular weight is 244 g/mol. The second-order valence-corrected chi connectivity index (χ2v) is 4.91. The van der Waals surface area contributed by atoms with E-state index in [2.05, 4.69) is 10.6 Å². The van der Waals surface area contributed by atoms with Gasteiger partial charge in [-0.05, 0) is 32.4 Å². The van der Waals surface area contributed by atoms with Gasteiger partial charge in [-0.25, -0.2) is 0 Å². The highest BCUT2D eigenvalue weighted by atomic mass is 16.4. The van der Waals surface area contributed by atoms with Crippen LogP contribution in [0.25, 0.3) is 0 Å². The third-order valence-electron chi connectivity index (χ3n) is 2.83. The van der Waals surface area contributed by atoms with Crippen LogP contribution in [-0.2, 0) is 9.59 Å². The van der Waals surface area contributed by atoms with Crippen LogP contribution < -0.4 is 10.6 Å². The maximum Gasteiger partial charge on any atom is 0.306 e. The Labute approximate surface area is 100 Å². The quantitative estimate of drug-likeness (QED) is 0.496. The Bertz CT molecular complexity index is 285. The van der Waals surface area contributed by atoms with Crippen LogP contribution in [0.15, 0.2) is 0 Å². The zero-order valence-corrected chi connectivity index (χ0v) is 10.0. The molecule has 1 heterocycles. The molecule has 6 heteroatoms. The molecule has 1 rings (SSSR count). The molecule has 2 unspecified atom stereocenters. The summed E-state index contributed by atoms with van der Waals surface area (Å²) in [6.07, 6.45) is 1.04. The van der Waals surface area contributed by atoms with Crippen molar-refractivity contribution < 1.29 is 19.8 Å². The topological polar surface area (TPSA) is 98.7 Å². The first-order valence-corrected chi connectivity index (χ1v) is 5.81. The van der Waals surface area contributed by atoms with Crippen molar-refractivity contribution >= 4 is 11.9 Å². The first kappa shape index (κ1) is 13.9. The summed E-state index contributed by atoms with van der Waals surface area (Å²) in [5, 5.41) is 24.0. The Kier molecular flexibility index (Phi) is 4.89. The second-order valence-electron chi connectivity index (χ2n) is 4.91. The Morgan fingerprint density at radius 1 is 1.53 bits per heavy atom. The van der Waals surface area contributed by atoms with E-state index < -0.39 is 11.6 Å². The van der Waals surface area contributed by atoms with Crippen LogP contribution in [0.3, 0.4) is 0 Å². The van der Waals surface area contributed by atoms with Gasteiger partial charge in [-0.15, -0.1) is 0 Å². The van der Waals surface area contributed by atoms with Crippen molar-refractivity contribution in [2.75, 3.05) is 19.6 Å². The molecule has 2 atom stereocenters. The SMILES string of the molecule is CC(O)(CNC(=O)CC1CCNC1)CC(=O)O. The fraction of sp³-hybridized carbons (Fsp3) is 0.818. The Balaban J connectivity index is 2.24. The summed E-state index contributed by atoms with van der Waals surface area (Å²) in [5.41, 5.74) is -1.39. The minimum atomic E-state index is -1.39. The van der Waals surface area contributed by atoms with Crippen molar-refractivity contribution in [3.63, 3.8) is 0 Å². The van der Waals surface area contributed by atoms with Crippen LogP contribution >= 0.6 is 0 Å². The predicted octanol–water partition coefficient (Wildman–Crippen LogP) is -0.672. The van der Waals surface area contributed by atoms with E-state index in [1.165, 1.54) is 6.92 Å². The van der Waals surface area contributed by atoms with Gasteiger partial charge in [-0.3, -0.25) is 9.59 Å². The summed E-state index contributed by atoms with van der Waals surface area (Å²) >= 11 is 0. The monoisotopic (exact) mass is 244 g/mol. The molecule has 1 fully saturated rings. The minimum Gasteiger partial charge on any atom is -0.481 e. The highest BCUT2D eigenvalue weighted by Crippen LogP contribution is 2.12. The summed E-state index contributed by atoms with van der Waals surface area (Å²) in [5.74, 6) is -0.868. The van der Waals surface area contributed by atoms with E-state index in [1.807, 2.05) is 0 Å². The smallest absolute Gasteiger partial charge is 0.306 e. The molecule has 0 aromatic carbocycles. The van der Waals surface area contributed by atoms with Gasteiger partial charge in [0.25, 0.3) is 0 Å². The molecule has 17 heavy (non-hydrogen) atoms. The molecule has 0 bridgehead atoms. The van der Waals surface area contributed by atoms with Crippen LogP contribution in [0.2, 0.25) is 0 Å². The van der Waals surface area contributed by atoms with Gasteiger partial charge in [-0.1, -0.05) is 0 Å². The van der Waals surface area contributed by atoms with Gasteiger partial charge in [-0.2, -0.15) is 0 Å². The van der Waals surface area contributed by atoms with Gasteiger partial charge in [0.1, 0.15) is 0 Å². The lowest BCUT2D eigenvalue weighted by atomic mass is 10.0. The molecule has 98 valence electrons. The minimum absolute atomic E-state index is 0.0295. The van der Waals surface area contributed by atoms with E-state index >= 15 is 0 Å². The van der Waals surface area contributed by atoms with E-state index in [0.29, 0.717) is 12.3 Å². The number of rotatable bonds is 6.